The van der Waals surface area contributed by atoms with Gasteiger partial charge in [-0.1, -0.05) is 18.2 Å². The van der Waals surface area contributed by atoms with Crippen molar-refractivity contribution in [1.29, 1.82) is 0 Å². The molecule has 3 aliphatic rings. The third kappa shape index (κ3) is 5.89. The Morgan fingerprint density at radius 3 is 2.35 bits per heavy atom. The van der Waals surface area contributed by atoms with E-state index in [4.69, 9.17) is 14.2 Å². The standard InChI is InChI=1S/C34H38FNO6S/c1-5-40-33(37)28-16-27(28)21-6-8-23(9-7-21)41-30-13-11-26-25(10-12-29(35)32(26)30)31-19(2)14-24(15-20(31)3)42-34(43(4,38)39)22-17-36-18-22/h6-10,12,14-15,22,27-28,30,34,36H,5,11,13,16-18H2,1-4H3/t27-,28+,30-,34?/m1/s1. The fourth-order valence-electron chi connectivity index (χ4n) is 6.64. The van der Waals surface area contributed by atoms with Crippen molar-refractivity contribution in [1.82, 2.24) is 5.32 Å². The summed E-state index contributed by atoms with van der Waals surface area (Å²) in [7, 11) is -3.40. The van der Waals surface area contributed by atoms with Crippen molar-refractivity contribution in [2.24, 2.45) is 11.8 Å². The van der Waals surface area contributed by atoms with Gasteiger partial charge in [0.1, 0.15) is 23.4 Å². The number of sulfone groups is 1. The van der Waals surface area contributed by atoms with Gasteiger partial charge < -0.3 is 19.5 Å². The van der Waals surface area contributed by atoms with Crippen LogP contribution in [0.2, 0.25) is 0 Å². The summed E-state index contributed by atoms with van der Waals surface area (Å²) in [4.78, 5) is 12.0. The second-order valence-corrected chi connectivity index (χ2v) is 14.2. The monoisotopic (exact) mass is 607 g/mol. The SMILES string of the molecule is CCOC(=O)[C@H]1C[C@@H]1c1ccc(O[C@@H]2CCc3c(-c4c(C)cc(OC(C5CNC5)S(C)(=O)=O)cc4C)ccc(F)c32)cc1. The average molecular weight is 608 g/mol. The second kappa shape index (κ2) is 11.6. The minimum absolute atomic E-state index is 0.0744. The zero-order chi connectivity index (χ0) is 30.5. The Hall–Kier alpha value is -3.43. The predicted octanol–water partition coefficient (Wildman–Crippen LogP) is 5.81. The van der Waals surface area contributed by atoms with Crippen LogP contribution in [-0.4, -0.2) is 45.8 Å². The molecule has 1 unspecified atom stereocenters. The van der Waals surface area contributed by atoms with E-state index in [-0.39, 0.29) is 29.5 Å². The molecular weight excluding hydrogens is 569 g/mol. The summed E-state index contributed by atoms with van der Waals surface area (Å²) in [6.45, 7) is 7.37. The summed E-state index contributed by atoms with van der Waals surface area (Å²) in [5.74, 6) is 0.775. The minimum Gasteiger partial charge on any atom is -0.486 e. The Balaban J connectivity index is 1.21. The normalized spacial score (nSPS) is 21.9. The lowest BCUT2D eigenvalue weighted by atomic mass is 9.90. The van der Waals surface area contributed by atoms with Crippen molar-refractivity contribution in [2.75, 3.05) is 26.0 Å². The fraction of sp³-hybridized carbons (Fsp3) is 0.441. The number of ether oxygens (including phenoxy) is 3. The highest BCUT2D eigenvalue weighted by Gasteiger charge is 2.45. The van der Waals surface area contributed by atoms with Crippen molar-refractivity contribution < 1.29 is 31.8 Å². The smallest absolute Gasteiger partial charge is 0.309 e. The summed E-state index contributed by atoms with van der Waals surface area (Å²) >= 11 is 0. The van der Waals surface area contributed by atoms with Gasteiger partial charge in [0.2, 0.25) is 5.44 Å². The van der Waals surface area contributed by atoms with Gasteiger partial charge in [0.25, 0.3) is 0 Å². The molecule has 1 aliphatic heterocycles. The molecule has 0 amide bonds. The van der Waals surface area contributed by atoms with Crippen molar-refractivity contribution in [3.05, 3.63) is 82.2 Å². The maximum absolute atomic E-state index is 15.3. The molecule has 6 rings (SSSR count). The van der Waals surface area contributed by atoms with Gasteiger partial charge in [0.15, 0.2) is 9.84 Å². The van der Waals surface area contributed by atoms with Crippen LogP contribution >= 0.6 is 0 Å². The van der Waals surface area contributed by atoms with E-state index in [0.29, 0.717) is 49.6 Å². The van der Waals surface area contributed by atoms with Crippen LogP contribution < -0.4 is 14.8 Å². The van der Waals surface area contributed by atoms with Gasteiger partial charge in [-0.2, -0.15) is 0 Å². The first-order chi connectivity index (χ1) is 20.5. The summed E-state index contributed by atoms with van der Waals surface area (Å²) in [5.41, 5.74) is 5.52. The molecule has 3 aromatic carbocycles. The second-order valence-electron chi connectivity index (χ2n) is 12.1. The molecule has 1 saturated carbocycles. The maximum Gasteiger partial charge on any atom is 0.309 e. The highest BCUT2D eigenvalue weighted by Crippen LogP contribution is 2.49. The molecule has 0 aromatic heterocycles. The molecule has 2 aliphatic carbocycles. The fourth-order valence-corrected chi connectivity index (χ4v) is 7.82. The highest BCUT2D eigenvalue weighted by atomic mass is 32.2. The summed E-state index contributed by atoms with van der Waals surface area (Å²) in [5, 5.41) is 3.12. The quantitative estimate of drug-likeness (QED) is 0.291. The van der Waals surface area contributed by atoms with E-state index < -0.39 is 21.4 Å². The zero-order valence-corrected chi connectivity index (χ0v) is 25.8. The van der Waals surface area contributed by atoms with E-state index >= 15 is 4.39 Å². The lowest BCUT2D eigenvalue weighted by Crippen LogP contribution is -2.53. The van der Waals surface area contributed by atoms with Crippen LogP contribution in [0.15, 0.2) is 48.5 Å². The van der Waals surface area contributed by atoms with Crippen molar-refractivity contribution >= 4 is 15.8 Å². The number of carbonyl (C=O) groups is 1. The van der Waals surface area contributed by atoms with E-state index in [0.717, 1.165) is 39.8 Å². The van der Waals surface area contributed by atoms with Gasteiger partial charge in [-0.25, -0.2) is 12.8 Å². The molecule has 228 valence electrons. The first kappa shape index (κ1) is 29.6. The van der Waals surface area contributed by atoms with Crippen LogP contribution in [0.4, 0.5) is 4.39 Å². The Morgan fingerprint density at radius 1 is 1.05 bits per heavy atom. The molecule has 1 N–H and O–H groups in total. The first-order valence-electron chi connectivity index (χ1n) is 15.0. The molecule has 0 bridgehead atoms. The topological polar surface area (TPSA) is 90.9 Å². The van der Waals surface area contributed by atoms with Crippen LogP contribution in [0.25, 0.3) is 11.1 Å². The Morgan fingerprint density at radius 2 is 1.74 bits per heavy atom. The Labute approximate surface area is 252 Å². The molecule has 0 radical (unpaired) electrons. The van der Waals surface area contributed by atoms with E-state index in [9.17, 15) is 13.2 Å². The molecule has 7 nitrogen and oxygen atoms in total. The van der Waals surface area contributed by atoms with E-state index in [1.54, 1.807) is 0 Å². The number of halogens is 1. The van der Waals surface area contributed by atoms with E-state index in [1.807, 2.05) is 63.2 Å². The van der Waals surface area contributed by atoms with Crippen molar-refractivity contribution in [3.63, 3.8) is 0 Å². The zero-order valence-electron chi connectivity index (χ0n) is 25.0. The summed E-state index contributed by atoms with van der Waals surface area (Å²) < 4.78 is 57.7. The van der Waals surface area contributed by atoms with Crippen LogP contribution in [0.3, 0.4) is 0 Å². The third-order valence-corrected chi connectivity index (χ3v) is 10.2. The number of benzene rings is 3. The van der Waals surface area contributed by atoms with Gasteiger partial charge >= 0.3 is 5.97 Å². The van der Waals surface area contributed by atoms with Gasteiger partial charge in [-0.15, -0.1) is 0 Å². The molecule has 0 spiro atoms. The number of hydrogen-bond acceptors (Lipinski definition) is 7. The van der Waals surface area contributed by atoms with Gasteiger partial charge in [-0.3, -0.25) is 4.79 Å². The molecular formula is C34H38FNO6S. The van der Waals surface area contributed by atoms with Crippen LogP contribution in [0.5, 0.6) is 11.5 Å². The third-order valence-electron chi connectivity index (χ3n) is 8.90. The molecule has 3 aromatic rings. The van der Waals surface area contributed by atoms with Gasteiger partial charge in [0.05, 0.1) is 12.5 Å². The highest BCUT2D eigenvalue weighted by molar-refractivity contribution is 7.91. The van der Waals surface area contributed by atoms with Crippen molar-refractivity contribution in [2.45, 2.75) is 57.5 Å². The summed E-state index contributed by atoms with van der Waals surface area (Å²) in [6.07, 6.45) is 2.93. The van der Waals surface area contributed by atoms with Crippen molar-refractivity contribution in [3.8, 4) is 22.6 Å². The Bertz CT molecular complexity index is 1630. The number of hydrogen-bond donors (Lipinski definition) is 1. The average Bonchev–Trinajstić information content (AvgIpc) is 3.61. The Kier molecular flexibility index (Phi) is 7.98. The minimum atomic E-state index is -3.40. The predicted molar refractivity (Wildman–Crippen MR) is 163 cm³/mol. The molecule has 1 heterocycles. The lowest BCUT2D eigenvalue weighted by molar-refractivity contribution is -0.144. The number of rotatable bonds is 10. The van der Waals surface area contributed by atoms with Gasteiger partial charge in [-0.05, 0) is 110 Å². The maximum atomic E-state index is 15.3. The van der Waals surface area contributed by atoms with E-state index in [1.165, 1.54) is 12.3 Å². The number of aryl methyl sites for hydroxylation is 2. The molecule has 2 fully saturated rings. The number of fused-ring (bicyclic) bond motifs is 1. The number of carbonyl (C=O) groups excluding carboxylic acids is 1. The molecule has 9 heteroatoms. The molecule has 4 atom stereocenters. The van der Waals surface area contributed by atoms with Crippen LogP contribution in [0.1, 0.15) is 59.6 Å². The van der Waals surface area contributed by atoms with Crippen LogP contribution in [-0.2, 0) is 25.8 Å². The van der Waals surface area contributed by atoms with Crippen LogP contribution in [0, 0.1) is 31.5 Å². The largest absolute Gasteiger partial charge is 0.486 e. The molecule has 1 saturated heterocycles. The molecule has 43 heavy (non-hydrogen) atoms. The van der Waals surface area contributed by atoms with E-state index in [2.05, 4.69) is 5.32 Å². The number of nitrogens with one attached hydrogen (secondary N) is 1. The first-order valence-corrected chi connectivity index (χ1v) is 16.9. The summed E-state index contributed by atoms with van der Waals surface area (Å²) in [6, 6.07) is 14.8. The lowest BCUT2D eigenvalue weighted by Gasteiger charge is -2.33. The number of esters is 1. The van der Waals surface area contributed by atoms with Gasteiger partial charge in [0, 0.05) is 30.8 Å².